The fraction of sp³-hybridized carbons (Fsp3) is 0.176. The van der Waals surface area contributed by atoms with Crippen LogP contribution >= 0.6 is 23.2 Å². The Labute approximate surface area is 179 Å². The molecule has 0 amide bonds. The lowest BCUT2D eigenvalue weighted by Crippen LogP contribution is -2.29. The zero-order valence-corrected chi connectivity index (χ0v) is 17.5. The summed E-state index contributed by atoms with van der Waals surface area (Å²) in [6, 6.07) is 6.98. The lowest BCUT2D eigenvalue weighted by Gasteiger charge is -2.16. The van der Waals surface area contributed by atoms with Crippen molar-refractivity contribution in [3.63, 3.8) is 0 Å². The molecular weight excluding hydrogens is 468 g/mol. The van der Waals surface area contributed by atoms with Crippen molar-refractivity contribution in [2.24, 2.45) is 0 Å². The molecule has 3 rings (SSSR count). The maximum Gasteiger partial charge on any atom is 0.420 e. The van der Waals surface area contributed by atoms with Gasteiger partial charge in [-0.25, -0.2) is 4.98 Å². The third-order valence-electron chi connectivity index (χ3n) is 3.93. The van der Waals surface area contributed by atoms with Gasteiger partial charge in [-0.15, -0.1) is 0 Å². The number of benzene rings is 2. The van der Waals surface area contributed by atoms with Gasteiger partial charge in [-0.1, -0.05) is 23.2 Å². The molecule has 0 atom stereocenters. The van der Waals surface area contributed by atoms with Crippen LogP contribution < -0.4 is 4.74 Å². The summed E-state index contributed by atoms with van der Waals surface area (Å²) in [6.45, 7) is 0. The van der Waals surface area contributed by atoms with E-state index < -0.39 is 39.0 Å². The zero-order chi connectivity index (χ0) is 22.4. The number of nitrogens with zero attached hydrogens (tertiary/aromatic N) is 4. The van der Waals surface area contributed by atoms with Crippen molar-refractivity contribution in [2.75, 3.05) is 14.1 Å². The number of rotatable bonds is 4. The van der Waals surface area contributed by atoms with Gasteiger partial charge in [-0.3, -0.25) is 0 Å². The molecule has 13 heteroatoms. The lowest BCUT2D eigenvalue weighted by molar-refractivity contribution is -0.138. The third-order valence-corrected chi connectivity index (χ3v) is 6.21. The highest BCUT2D eigenvalue weighted by molar-refractivity contribution is 7.87. The Bertz CT molecular complexity index is 1300. The standard InChI is InChI=1S/C17H11Cl2F3N4O3S/c1-25(2)30(27,28)26-13-6-10(17(20,21)22)15(7-12(13)24-16(26)8-23)29-14-4-3-9(18)5-11(14)19/h3-7H,1-2H3. The molecule has 0 aliphatic rings. The summed E-state index contributed by atoms with van der Waals surface area (Å²) in [5.74, 6) is -1.38. The van der Waals surface area contributed by atoms with Crippen molar-refractivity contribution in [1.29, 1.82) is 5.26 Å². The molecule has 2 aromatic carbocycles. The molecule has 0 saturated heterocycles. The van der Waals surface area contributed by atoms with E-state index in [2.05, 4.69) is 4.98 Å². The molecule has 0 aliphatic carbocycles. The van der Waals surface area contributed by atoms with Gasteiger partial charge in [0.2, 0.25) is 5.82 Å². The average Bonchev–Trinajstić information content (AvgIpc) is 3.00. The molecule has 0 N–H and O–H groups in total. The number of hydrogen-bond donors (Lipinski definition) is 0. The van der Waals surface area contributed by atoms with E-state index in [4.69, 9.17) is 27.9 Å². The van der Waals surface area contributed by atoms with Gasteiger partial charge in [0.15, 0.2) is 0 Å². The minimum absolute atomic E-state index is 0.0332. The summed E-state index contributed by atoms with van der Waals surface area (Å²) >= 11 is 11.8. The van der Waals surface area contributed by atoms with Crippen LogP contribution in [0.2, 0.25) is 10.0 Å². The number of hydrogen-bond acceptors (Lipinski definition) is 5. The number of halogens is 5. The molecule has 0 unspecified atom stereocenters. The van der Waals surface area contributed by atoms with Crippen LogP contribution in [0.4, 0.5) is 13.2 Å². The second-order valence-electron chi connectivity index (χ2n) is 6.11. The van der Waals surface area contributed by atoms with Crippen molar-refractivity contribution in [3.05, 3.63) is 51.8 Å². The fourth-order valence-electron chi connectivity index (χ4n) is 2.53. The van der Waals surface area contributed by atoms with Crippen molar-refractivity contribution in [2.45, 2.75) is 6.18 Å². The van der Waals surface area contributed by atoms with Crippen LogP contribution in [-0.2, 0) is 16.4 Å². The van der Waals surface area contributed by atoms with Crippen molar-refractivity contribution in [1.82, 2.24) is 13.3 Å². The van der Waals surface area contributed by atoms with Gasteiger partial charge < -0.3 is 4.74 Å². The van der Waals surface area contributed by atoms with Crippen LogP contribution in [0.5, 0.6) is 11.5 Å². The predicted molar refractivity (Wildman–Crippen MR) is 104 cm³/mol. The first kappa shape index (κ1) is 22.2. The first-order valence-electron chi connectivity index (χ1n) is 7.96. The molecule has 0 spiro atoms. The summed E-state index contributed by atoms with van der Waals surface area (Å²) in [6.07, 6.45) is -4.91. The zero-order valence-electron chi connectivity index (χ0n) is 15.2. The summed E-state index contributed by atoms with van der Waals surface area (Å²) in [5, 5.41) is 9.48. The second-order valence-corrected chi connectivity index (χ2v) is 8.95. The summed E-state index contributed by atoms with van der Waals surface area (Å²) in [5.41, 5.74) is -1.90. The maximum absolute atomic E-state index is 13.7. The Morgan fingerprint density at radius 2 is 1.83 bits per heavy atom. The van der Waals surface area contributed by atoms with Crippen LogP contribution in [0.1, 0.15) is 11.4 Å². The number of aromatic nitrogens is 2. The summed E-state index contributed by atoms with van der Waals surface area (Å²) in [7, 11) is -1.98. The first-order chi connectivity index (χ1) is 13.9. The molecule has 0 radical (unpaired) electrons. The van der Waals surface area contributed by atoms with Gasteiger partial charge in [0.25, 0.3) is 0 Å². The monoisotopic (exact) mass is 478 g/mol. The Morgan fingerprint density at radius 1 is 1.17 bits per heavy atom. The Hall–Kier alpha value is -2.52. The number of imidazole rings is 1. The highest BCUT2D eigenvalue weighted by Crippen LogP contribution is 2.42. The van der Waals surface area contributed by atoms with Gasteiger partial charge in [-0.2, -0.15) is 35.1 Å². The molecule has 30 heavy (non-hydrogen) atoms. The van der Waals surface area contributed by atoms with E-state index in [1.165, 1.54) is 32.3 Å². The SMILES string of the molecule is CN(C)S(=O)(=O)n1c(C#N)nc2cc(Oc3ccc(Cl)cc3Cl)c(C(F)(F)F)cc21. The van der Waals surface area contributed by atoms with Crippen LogP contribution in [0.25, 0.3) is 11.0 Å². The molecule has 1 heterocycles. The van der Waals surface area contributed by atoms with E-state index in [1.807, 2.05) is 0 Å². The van der Waals surface area contributed by atoms with E-state index in [0.717, 1.165) is 10.4 Å². The maximum atomic E-state index is 13.7. The van der Waals surface area contributed by atoms with Crippen molar-refractivity contribution >= 4 is 44.4 Å². The topological polar surface area (TPSA) is 88.2 Å². The molecule has 0 fully saturated rings. The van der Waals surface area contributed by atoms with E-state index in [9.17, 15) is 26.9 Å². The van der Waals surface area contributed by atoms with Crippen molar-refractivity contribution in [3.8, 4) is 17.6 Å². The van der Waals surface area contributed by atoms with Gasteiger partial charge >= 0.3 is 16.4 Å². The number of alkyl halides is 3. The van der Waals surface area contributed by atoms with Gasteiger partial charge in [0, 0.05) is 25.2 Å². The lowest BCUT2D eigenvalue weighted by atomic mass is 10.1. The minimum atomic E-state index is -4.91. The third kappa shape index (κ3) is 3.91. The first-order valence-corrected chi connectivity index (χ1v) is 10.1. The molecule has 7 nitrogen and oxygen atoms in total. The van der Waals surface area contributed by atoms with Gasteiger partial charge in [-0.05, 0) is 24.3 Å². The smallest absolute Gasteiger partial charge is 0.420 e. The number of nitriles is 1. The highest BCUT2D eigenvalue weighted by atomic mass is 35.5. The molecular formula is C17H11Cl2F3N4O3S. The molecule has 0 saturated carbocycles. The summed E-state index contributed by atoms with van der Waals surface area (Å²) in [4.78, 5) is 3.84. The largest absolute Gasteiger partial charge is 0.455 e. The van der Waals surface area contributed by atoms with Crippen LogP contribution in [0, 0.1) is 11.3 Å². The van der Waals surface area contributed by atoms with Gasteiger partial charge in [0.05, 0.1) is 16.1 Å². The normalized spacial score (nSPS) is 12.4. The van der Waals surface area contributed by atoms with E-state index in [1.54, 1.807) is 6.07 Å². The van der Waals surface area contributed by atoms with E-state index in [0.29, 0.717) is 10.0 Å². The van der Waals surface area contributed by atoms with Crippen LogP contribution in [-0.4, -0.2) is 35.8 Å². The quantitative estimate of drug-likeness (QED) is 0.543. The number of ether oxygens (including phenoxy) is 1. The Balaban J connectivity index is 2.31. The second kappa shape index (κ2) is 7.63. The highest BCUT2D eigenvalue weighted by Gasteiger charge is 2.37. The van der Waals surface area contributed by atoms with Crippen LogP contribution in [0.3, 0.4) is 0 Å². The Kier molecular flexibility index (Phi) is 5.64. The molecule has 1 aromatic heterocycles. The van der Waals surface area contributed by atoms with E-state index >= 15 is 0 Å². The van der Waals surface area contributed by atoms with Crippen LogP contribution in [0.15, 0.2) is 30.3 Å². The minimum Gasteiger partial charge on any atom is -0.455 e. The average molecular weight is 479 g/mol. The van der Waals surface area contributed by atoms with E-state index in [-0.39, 0.29) is 21.3 Å². The van der Waals surface area contributed by atoms with Crippen molar-refractivity contribution < 1.29 is 26.3 Å². The summed E-state index contributed by atoms with van der Waals surface area (Å²) < 4.78 is 72.8. The molecule has 3 aromatic rings. The number of fused-ring (bicyclic) bond motifs is 1. The molecule has 0 bridgehead atoms. The fourth-order valence-corrected chi connectivity index (χ4v) is 4.00. The molecule has 0 aliphatic heterocycles. The van der Waals surface area contributed by atoms with Gasteiger partial charge in [0.1, 0.15) is 23.1 Å². The Morgan fingerprint density at radius 3 is 2.37 bits per heavy atom. The molecule has 158 valence electrons. The predicted octanol–water partition coefficient (Wildman–Crippen LogP) is 4.68.